The maximum Gasteiger partial charge on any atom is 0.330 e. The van der Waals surface area contributed by atoms with E-state index in [9.17, 15) is 14.9 Å². The van der Waals surface area contributed by atoms with Crippen molar-refractivity contribution in [1.29, 1.82) is 5.26 Å². The summed E-state index contributed by atoms with van der Waals surface area (Å²) in [5.41, 5.74) is -0.0590. The Kier molecular flexibility index (Phi) is 6.74. The third-order valence-corrected chi connectivity index (χ3v) is 4.22. The van der Waals surface area contributed by atoms with Crippen LogP contribution in [-0.4, -0.2) is 23.2 Å². The van der Waals surface area contributed by atoms with Crippen molar-refractivity contribution < 1.29 is 14.3 Å². The van der Waals surface area contributed by atoms with E-state index in [2.05, 4.69) is 12.0 Å². The van der Waals surface area contributed by atoms with Crippen LogP contribution in [0, 0.1) is 23.7 Å². The summed E-state index contributed by atoms with van der Waals surface area (Å²) in [6, 6.07) is 7.08. The van der Waals surface area contributed by atoms with E-state index in [4.69, 9.17) is 27.5 Å². The highest BCUT2D eigenvalue weighted by Gasteiger charge is 2.28. The summed E-state index contributed by atoms with van der Waals surface area (Å²) in [4.78, 5) is 25.5. The molecule has 2 rings (SSSR count). The van der Waals surface area contributed by atoms with Crippen molar-refractivity contribution in [2.75, 3.05) is 7.11 Å². The minimum absolute atomic E-state index is 0.0298. The highest BCUT2D eigenvalue weighted by molar-refractivity contribution is 6.31. The Hall–Kier alpha value is -3.22. The smallest absolute Gasteiger partial charge is 0.330 e. The molecule has 7 heteroatoms. The highest BCUT2D eigenvalue weighted by Crippen LogP contribution is 2.33. The summed E-state index contributed by atoms with van der Waals surface area (Å²) in [5.74, 6) is 2.08. The summed E-state index contributed by atoms with van der Waals surface area (Å²) < 4.78 is 12.0. The van der Waals surface area contributed by atoms with Crippen LogP contribution < -0.4 is 10.3 Å². The van der Waals surface area contributed by atoms with Gasteiger partial charge in [-0.2, -0.15) is 5.26 Å². The number of terminal acetylenes is 1. The zero-order chi connectivity index (χ0) is 21.8. The van der Waals surface area contributed by atoms with Gasteiger partial charge in [0.15, 0.2) is 0 Å². The number of pyridine rings is 1. The molecule has 1 aromatic carbocycles. The molecule has 0 amide bonds. The van der Waals surface area contributed by atoms with E-state index in [0.717, 1.165) is 0 Å². The number of hydrogen-bond acceptors (Lipinski definition) is 5. The van der Waals surface area contributed by atoms with E-state index in [1.54, 1.807) is 39.0 Å². The fourth-order valence-corrected chi connectivity index (χ4v) is 2.93. The SMILES string of the molecule is C#CCC(C(=O)OC(C)(C)C)n1cc(OC)c(-c2cc(Cl)ccc2C#N)cc1=O. The Morgan fingerprint density at radius 2 is 2.00 bits per heavy atom. The second-order valence-corrected chi connectivity index (χ2v) is 7.70. The number of aromatic nitrogens is 1. The molecule has 1 unspecified atom stereocenters. The molecule has 0 radical (unpaired) electrons. The van der Waals surface area contributed by atoms with Gasteiger partial charge in [0.1, 0.15) is 17.4 Å². The number of methoxy groups -OCH3 is 1. The summed E-state index contributed by atoms with van der Waals surface area (Å²) in [5, 5.41) is 9.80. The maximum absolute atomic E-state index is 12.9. The molecular formula is C22H21ClN2O4. The number of nitriles is 1. The summed E-state index contributed by atoms with van der Waals surface area (Å²) >= 11 is 6.07. The maximum atomic E-state index is 12.9. The van der Waals surface area contributed by atoms with Crippen LogP contribution in [0.15, 0.2) is 35.3 Å². The van der Waals surface area contributed by atoms with Crippen molar-refractivity contribution in [3.8, 4) is 35.3 Å². The van der Waals surface area contributed by atoms with Crippen LogP contribution in [0.3, 0.4) is 0 Å². The van der Waals surface area contributed by atoms with Crippen molar-refractivity contribution in [3.05, 3.63) is 51.4 Å². The van der Waals surface area contributed by atoms with Gasteiger partial charge in [-0.15, -0.1) is 12.3 Å². The molecule has 0 fully saturated rings. The molecule has 0 spiro atoms. The molecule has 150 valence electrons. The first kappa shape index (κ1) is 22.1. The Bertz CT molecular complexity index is 1070. The van der Waals surface area contributed by atoms with Crippen molar-refractivity contribution >= 4 is 17.6 Å². The quantitative estimate of drug-likeness (QED) is 0.548. The van der Waals surface area contributed by atoms with Crippen LogP contribution in [0.4, 0.5) is 0 Å². The third kappa shape index (κ3) is 5.19. The summed E-state index contributed by atoms with van der Waals surface area (Å²) in [6.07, 6.45) is 6.77. The van der Waals surface area contributed by atoms with Gasteiger partial charge in [-0.05, 0) is 39.0 Å². The lowest BCUT2D eigenvalue weighted by atomic mass is 10.00. The molecule has 0 aliphatic rings. The molecule has 0 saturated carbocycles. The largest absolute Gasteiger partial charge is 0.495 e. The molecule has 29 heavy (non-hydrogen) atoms. The molecule has 0 saturated heterocycles. The van der Waals surface area contributed by atoms with Crippen molar-refractivity contribution in [2.45, 2.75) is 38.8 Å². The molecule has 2 aromatic rings. The van der Waals surface area contributed by atoms with Crippen molar-refractivity contribution in [2.24, 2.45) is 0 Å². The Labute approximate surface area is 174 Å². The Morgan fingerprint density at radius 3 is 2.55 bits per heavy atom. The van der Waals surface area contributed by atoms with E-state index in [0.29, 0.717) is 21.7 Å². The van der Waals surface area contributed by atoms with E-state index in [-0.39, 0.29) is 12.2 Å². The number of ether oxygens (including phenoxy) is 2. The van der Waals surface area contributed by atoms with Crippen LogP contribution in [0.2, 0.25) is 5.02 Å². The lowest BCUT2D eigenvalue weighted by molar-refractivity contribution is -0.159. The first-order chi connectivity index (χ1) is 13.6. The lowest BCUT2D eigenvalue weighted by Crippen LogP contribution is -2.34. The topological polar surface area (TPSA) is 81.3 Å². The number of nitrogens with zero attached hydrogens (tertiary/aromatic N) is 2. The van der Waals surface area contributed by atoms with Gasteiger partial charge in [-0.1, -0.05) is 11.6 Å². The second-order valence-electron chi connectivity index (χ2n) is 7.26. The third-order valence-electron chi connectivity index (χ3n) is 3.98. The number of halogens is 1. The molecule has 0 aliphatic carbocycles. The molecule has 0 aliphatic heterocycles. The van der Waals surface area contributed by atoms with E-state index < -0.39 is 23.2 Å². The van der Waals surface area contributed by atoms with Gasteiger partial charge in [0.05, 0.1) is 24.9 Å². The lowest BCUT2D eigenvalue weighted by Gasteiger charge is -2.24. The minimum Gasteiger partial charge on any atom is -0.495 e. The predicted molar refractivity (Wildman–Crippen MR) is 111 cm³/mol. The van der Waals surface area contributed by atoms with Gasteiger partial charge in [-0.25, -0.2) is 4.79 Å². The summed E-state index contributed by atoms with van der Waals surface area (Å²) in [6.45, 7) is 5.19. The zero-order valence-corrected chi connectivity index (χ0v) is 17.4. The molecule has 1 atom stereocenters. The number of benzene rings is 1. The van der Waals surface area contributed by atoms with Crippen LogP contribution in [0.25, 0.3) is 11.1 Å². The first-order valence-corrected chi connectivity index (χ1v) is 9.15. The van der Waals surface area contributed by atoms with Gasteiger partial charge in [-0.3, -0.25) is 9.36 Å². The number of rotatable bonds is 5. The highest BCUT2D eigenvalue weighted by atomic mass is 35.5. The minimum atomic E-state index is -1.01. The predicted octanol–water partition coefficient (Wildman–Crippen LogP) is 3.96. The number of hydrogen-bond donors (Lipinski definition) is 0. The van der Waals surface area contributed by atoms with Crippen molar-refractivity contribution in [1.82, 2.24) is 4.57 Å². The zero-order valence-electron chi connectivity index (χ0n) is 16.7. The molecular weight excluding hydrogens is 392 g/mol. The molecule has 0 N–H and O–H groups in total. The van der Waals surface area contributed by atoms with Gasteiger partial charge in [0, 0.05) is 28.6 Å². The average molecular weight is 413 g/mol. The molecule has 6 nitrogen and oxygen atoms in total. The van der Waals surface area contributed by atoms with Crippen LogP contribution in [0.1, 0.15) is 38.8 Å². The number of carbonyl (C=O) groups is 1. The van der Waals surface area contributed by atoms with Crippen LogP contribution in [-0.2, 0) is 9.53 Å². The van der Waals surface area contributed by atoms with Gasteiger partial charge < -0.3 is 9.47 Å². The first-order valence-electron chi connectivity index (χ1n) is 8.77. The Balaban J connectivity index is 2.65. The monoisotopic (exact) mass is 412 g/mol. The van der Waals surface area contributed by atoms with Gasteiger partial charge in [0.2, 0.25) is 0 Å². The van der Waals surface area contributed by atoms with E-state index >= 15 is 0 Å². The van der Waals surface area contributed by atoms with E-state index in [1.807, 2.05) is 0 Å². The van der Waals surface area contributed by atoms with Gasteiger partial charge >= 0.3 is 5.97 Å². The molecule has 0 bridgehead atoms. The number of carbonyl (C=O) groups excluding carboxylic acids is 1. The molecule has 1 aromatic heterocycles. The van der Waals surface area contributed by atoms with Crippen molar-refractivity contribution in [3.63, 3.8) is 0 Å². The standard InChI is InChI=1S/C22H21ClN2O4/c1-6-7-18(21(27)29-22(2,3)4)25-13-19(28-5)17(11-20(25)26)16-10-15(23)9-8-14(16)12-24/h1,8-11,13,18H,7H2,2-5H3. The van der Waals surface area contributed by atoms with Crippen LogP contribution in [0.5, 0.6) is 5.75 Å². The fourth-order valence-electron chi connectivity index (χ4n) is 2.76. The Morgan fingerprint density at radius 1 is 1.31 bits per heavy atom. The fraction of sp³-hybridized carbons (Fsp3) is 0.318. The normalized spacial score (nSPS) is 11.8. The van der Waals surface area contributed by atoms with Gasteiger partial charge in [0.25, 0.3) is 5.56 Å². The number of esters is 1. The van der Waals surface area contributed by atoms with Crippen LogP contribution >= 0.6 is 11.6 Å². The summed E-state index contributed by atoms with van der Waals surface area (Å²) in [7, 11) is 1.42. The van der Waals surface area contributed by atoms with E-state index in [1.165, 1.54) is 23.9 Å². The molecule has 1 heterocycles. The average Bonchev–Trinajstić information content (AvgIpc) is 2.64. The second kappa shape index (κ2) is 8.86.